The SMILES string of the molecule is CC(C)(c1ccc(Oc2ccc(NC(=O)c3cc(Cc4ccccc4)ccc3C(=O)O)cc2)cc1)c1ccc(Oc2ccc(NC(=O)c3cc(Cc4ccccc4)ccc3C(=O)O)cc2)cc1. The van der Waals surface area contributed by atoms with Crippen LogP contribution < -0.4 is 20.1 Å². The zero-order valence-corrected chi connectivity index (χ0v) is 36.7. The molecule has 0 fully saturated rings. The minimum absolute atomic E-state index is 0.0739. The molecular formula is C57H46N2O8. The van der Waals surface area contributed by atoms with Crippen molar-refractivity contribution in [2.24, 2.45) is 0 Å². The van der Waals surface area contributed by atoms with Crippen molar-refractivity contribution in [3.05, 3.63) is 250 Å². The quantitative estimate of drug-likeness (QED) is 0.0749. The standard InChI is InChI=1S/C57H46N2O8/c1-57(2,41-15-23-45(24-16-41)66-47-27-19-43(20-28-47)58-53(60)51-35-39(13-31-49(51)55(62)63)33-37-9-5-3-6-10-37)42-17-25-46(26-18-42)67-48-29-21-44(22-30-48)59-54(61)52-36-40(14-32-50(52)56(64)65)34-38-11-7-4-8-12-38/h3-32,35-36H,33-34H2,1-2H3,(H,58,60)(H,59,61)(H,62,63)(H,64,65). The molecule has 0 saturated heterocycles. The summed E-state index contributed by atoms with van der Waals surface area (Å²) >= 11 is 0. The summed E-state index contributed by atoms with van der Waals surface area (Å²) in [5.74, 6) is -1.01. The number of carboxylic acid groups (broad SMARTS) is 2. The number of hydrogen-bond donors (Lipinski definition) is 4. The molecule has 0 aliphatic heterocycles. The van der Waals surface area contributed by atoms with Crippen molar-refractivity contribution in [2.75, 3.05) is 10.6 Å². The number of benzene rings is 8. The van der Waals surface area contributed by atoms with Crippen LogP contribution in [-0.4, -0.2) is 34.0 Å². The van der Waals surface area contributed by atoms with Gasteiger partial charge in [-0.05, 0) is 143 Å². The van der Waals surface area contributed by atoms with E-state index in [2.05, 4.69) is 24.5 Å². The van der Waals surface area contributed by atoms with Crippen LogP contribution in [0.3, 0.4) is 0 Å². The molecule has 0 saturated carbocycles. The van der Waals surface area contributed by atoms with Gasteiger partial charge >= 0.3 is 11.9 Å². The van der Waals surface area contributed by atoms with Gasteiger partial charge in [-0.3, -0.25) is 9.59 Å². The number of amides is 2. The molecule has 10 heteroatoms. The molecule has 0 unspecified atom stereocenters. The number of ether oxygens (including phenoxy) is 2. The normalized spacial score (nSPS) is 11.0. The third kappa shape index (κ3) is 11.1. The van der Waals surface area contributed by atoms with Crippen molar-refractivity contribution in [3.8, 4) is 23.0 Å². The Labute approximate surface area is 388 Å². The lowest BCUT2D eigenvalue weighted by molar-refractivity contribution is 0.0683. The van der Waals surface area contributed by atoms with Crippen molar-refractivity contribution in [1.82, 2.24) is 0 Å². The first-order valence-electron chi connectivity index (χ1n) is 21.6. The Morgan fingerprint density at radius 3 is 1.06 bits per heavy atom. The summed E-state index contributed by atoms with van der Waals surface area (Å²) in [5.41, 5.74) is 6.53. The molecule has 8 aromatic carbocycles. The Morgan fingerprint density at radius 1 is 0.403 bits per heavy atom. The fraction of sp³-hybridized carbons (Fsp3) is 0.0877. The topological polar surface area (TPSA) is 151 Å². The molecule has 10 nitrogen and oxygen atoms in total. The third-order valence-corrected chi connectivity index (χ3v) is 11.5. The third-order valence-electron chi connectivity index (χ3n) is 11.5. The Hall–Kier alpha value is -8.76. The monoisotopic (exact) mass is 886 g/mol. The van der Waals surface area contributed by atoms with Gasteiger partial charge in [0.15, 0.2) is 0 Å². The zero-order valence-electron chi connectivity index (χ0n) is 36.7. The zero-order chi connectivity index (χ0) is 46.9. The average molecular weight is 887 g/mol. The van der Waals surface area contributed by atoms with E-state index >= 15 is 0 Å². The molecule has 0 radical (unpaired) electrons. The van der Waals surface area contributed by atoms with E-state index in [4.69, 9.17) is 9.47 Å². The fourth-order valence-corrected chi connectivity index (χ4v) is 7.74. The number of carbonyl (C=O) groups is 4. The van der Waals surface area contributed by atoms with Gasteiger partial charge < -0.3 is 30.3 Å². The van der Waals surface area contributed by atoms with E-state index in [0.717, 1.165) is 33.4 Å². The second-order valence-electron chi connectivity index (χ2n) is 16.5. The van der Waals surface area contributed by atoms with Crippen LogP contribution in [0, 0.1) is 0 Å². The summed E-state index contributed by atoms with van der Waals surface area (Å²) in [6, 6.07) is 58.6. The van der Waals surface area contributed by atoms with Crippen LogP contribution in [0.1, 0.15) is 88.7 Å². The molecule has 67 heavy (non-hydrogen) atoms. The van der Waals surface area contributed by atoms with Gasteiger partial charge in [0.25, 0.3) is 11.8 Å². The number of anilines is 2. The minimum Gasteiger partial charge on any atom is -0.478 e. The molecule has 4 N–H and O–H groups in total. The summed E-state index contributed by atoms with van der Waals surface area (Å²) in [4.78, 5) is 50.6. The van der Waals surface area contributed by atoms with Crippen molar-refractivity contribution in [3.63, 3.8) is 0 Å². The highest BCUT2D eigenvalue weighted by molar-refractivity contribution is 6.11. The second kappa shape index (κ2) is 20.0. The number of aromatic carboxylic acids is 2. The van der Waals surface area contributed by atoms with Gasteiger partial charge in [-0.15, -0.1) is 0 Å². The lowest BCUT2D eigenvalue weighted by Gasteiger charge is -2.26. The van der Waals surface area contributed by atoms with Crippen molar-refractivity contribution in [2.45, 2.75) is 32.1 Å². The molecule has 0 bridgehead atoms. The predicted octanol–water partition coefficient (Wildman–Crippen LogP) is 12.7. The molecule has 0 spiro atoms. The van der Waals surface area contributed by atoms with Gasteiger partial charge in [0.05, 0.1) is 22.3 Å². The van der Waals surface area contributed by atoms with E-state index in [1.807, 2.05) is 109 Å². The predicted molar refractivity (Wildman–Crippen MR) is 259 cm³/mol. The van der Waals surface area contributed by atoms with Gasteiger partial charge in [-0.25, -0.2) is 9.59 Å². The lowest BCUT2D eigenvalue weighted by atomic mass is 9.78. The number of rotatable bonds is 16. The maximum atomic E-state index is 13.3. The van der Waals surface area contributed by atoms with Crippen LogP contribution in [-0.2, 0) is 18.3 Å². The first-order valence-corrected chi connectivity index (χ1v) is 21.6. The summed E-state index contributed by atoms with van der Waals surface area (Å²) in [6.45, 7) is 4.27. The van der Waals surface area contributed by atoms with Crippen LogP contribution in [0.15, 0.2) is 194 Å². The molecule has 8 rings (SSSR count). The number of carbonyl (C=O) groups excluding carboxylic acids is 2. The summed E-state index contributed by atoms with van der Waals surface area (Å²) in [7, 11) is 0. The van der Waals surface area contributed by atoms with Crippen LogP contribution >= 0.6 is 0 Å². The molecule has 2 amide bonds. The van der Waals surface area contributed by atoms with E-state index in [1.165, 1.54) is 12.1 Å². The highest BCUT2D eigenvalue weighted by Gasteiger charge is 2.24. The minimum atomic E-state index is -1.18. The van der Waals surface area contributed by atoms with Crippen molar-refractivity contribution < 1.29 is 38.9 Å². The van der Waals surface area contributed by atoms with Crippen LogP contribution in [0.2, 0.25) is 0 Å². The van der Waals surface area contributed by atoms with Gasteiger partial charge in [0.1, 0.15) is 23.0 Å². The Kier molecular flexibility index (Phi) is 13.4. The number of nitrogens with one attached hydrogen (secondary N) is 2. The number of hydrogen-bond acceptors (Lipinski definition) is 6. The molecule has 332 valence electrons. The Bertz CT molecular complexity index is 2830. The lowest BCUT2D eigenvalue weighted by Crippen LogP contribution is -2.18. The number of carboxylic acids is 2. The van der Waals surface area contributed by atoms with E-state index in [-0.39, 0.29) is 27.7 Å². The largest absolute Gasteiger partial charge is 0.478 e. The van der Waals surface area contributed by atoms with E-state index < -0.39 is 23.8 Å². The highest BCUT2D eigenvalue weighted by atomic mass is 16.5. The highest BCUT2D eigenvalue weighted by Crippen LogP contribution is 2.35. The van der Waals surface area contributed by atoms with Crippen LogP contribution in [0.4, 0.5) is 11.4 Å². The molecular weight excluding hydrogens is 841 g/mol. The first-order chi connectivity index (χ1) is 32.4. The van der Waals surface area contributed by atoms with E-state index in [1.54, 1.807) is 72.8 Å². The van der Waals surface area contributed by atoms with E-state index in [9.17, 15) is 29.4 Å². The van der Waals surface area contributed by atoms with Gasteiger partial charge in [-0.2, -0.15) is 0 Å². The van der Waals surface area contributed by atoms with E-state index in [0.29, 0.717) is 47.2 Å². The molecule has 0 aromatic heterocycles. The van der Waals surface area contributed by atoms with Crippen molar-refractivity contribution >= 4 is 35.1 Å². The molecule has 8 aromatic rings. The fourth-order valence-electron chi connectivity index (χ4n) is 7.74. The van der Waals surface area contributed by atoms with Gasteiger partial charge in [0.2, 0.25) is 0 Å². The van der Waals surface area contributed by atoms with Crippen LogP contribution in [0.5, 0.6) is 23.0 Å². The molecule has 0 aliphatic carbocycles. The molecule has 0 atom stereocenters. The van der Waals surface area contributed by atoms with Crippen LogP contribution in [0.25, 0.3) is 0 Å². The summed E-state index contributed by atoms with van der Waals surface area (Å²) in [6.07, 6.45) is 1.13. The summed E-state index contributed by atoms with van der Waals surface area (Å²) < 4.78 is 12.2. The maximum absolute atomic E-state index is 13.3. The Morgan fingerprint density at radius 2 is 0.731 bits per heavy atom. The summed E-state index contributed by atoms with van der Waals surface area (Å²) in [5, 5.41) is 25.2. The Balaban J connectivity index is 0.850. The van der Waals surface area contributed by atoms with Crippen molar-refractivity contribution in [1.29, 1.82) is 0 Å². The van der Waals surface area contributed by atoms with Gasteiger partial charge in [-0.1, -0.05) is 111 Å². The molecule has 0 heterocycles. The molecule has 0 aliphatic rings. The first kappa shape index (κ1) is 44.8. The smallest absolute Gasteiger partial charge is 0.336 e. The van der Waals surface area contributed by atoms with Gasteiger partial charge in [0, 0.05) is 16.8 Å². The average Bonchev–Trinajstić information content (AvgIpc) is 3.33. The maximum Gasteiger partial charge on any atom is 0.336 e. The second-order valence-corrected chi connectivity index (χ2v) is 16.5.